The number of aryl methyl sites for hydroxylation is 1. The van der Waals surface area contributed by atoms with E-state index in [4.69, 9.17) is 5.73 Å². The average Bonchev–Trinajstić information content (AvgIpc) is 3.01. The van der Waals surface area contributed by atoms with E-state index in [-0.39, 0.29) is 11.3 Å². The number of nitrogens with two attached hydrogens (primary N) is 1. The number of nitrogens with one attached hydrogen (secondary N) is 1. The maximum absolute atomic E-state index is 13.4. The van der Waals surface area contributed by atoms with Gasteiger partial charge in [-0.25, -0.2) is 8.42 Å². The lowest BCUT2D eigenvalue weighted by molar-refractivity contribution is 0.0989. The predicted octanol–water partition coefficient (Wildman–Crippen LogP) is 3.16. The van der Waals surface area contributed by atoms with Gasteiger partial charge in [0.25, 0.3) is 11.5 Å². The summed E-state index contributed by atoms with van der Waals surface area (Å²) in [5.74, 6) is -0.217. The molecule has 0 unspecified atom stereocenters. The first-order valence-electron chi connectivity index (χ1n) is 11.7. The number of fused-ring (bicyclic) bond motifs is 2. The summed E-state index contributed by atoms with van der Waals surface area (Å²) in [4.78, 5) is 26.2. The van der Waals surface area contributed by atoms with Crippen molar-refractivity contribution in [2.45, 2.75) is 50.9 Å². The van der Waals surface area contributed by atoms with Crippen LogP contribution < -0.4 is 16.6 Å². The smallest absolute Gasteiger partial charge is 0.274 e. The molecule has 1 amide bonds. The zero-order valence-corrected chi connectivity index (χ0v) is 20.4. The van der Waals surface area contributed by atoms with Crippen molar-refractivity contribution in [3.8, 4) is 11.1 Å². The standard InChI is InChI=1S/C25H30N4O4S/c1-28-13-19-17-10-16(14-34(2,32)33)8-9-20(17)27-11-18-21(19)23(25(28)31)29(22(18)24(26)30)12-15-6-4-3-5-7-15/h8-10,13,15,27H,3-7,11-12,14H2,1-2H3,(H2,26,30). The summed E-state index contributed by atoms with van der Waals surface area (Å²) < 4.78 is 27.2. The molecule has 2 aromatic heterocycles. The number of hydrogen-bond acceptors (Lipinski definition) is 5. The molecule has 3 heterocycles. The number of sulfone groups is 1. The Morgan fingerprint density at radius 1 is 1.18 bits per heavy atom. The third kappa shape index (κ3) is 3.91. The Morgan fingerprint density at radius 3 is 2.59 bits per heavy atom. The van der Waals surface area contributed by atoms with Crippen LogP contribution in [0.5, 0.6) is 0 Å². The van der Waals surface area contributed by atoms with E-state index >= 15 is 0 Å². The van der Waals surface area contributed by atoms with E-state index in [2.05, 4.69) is 5.32 Å². The normalized spacial score (nSPS) is 16.2. The van der Waals surface area contributed by atoms with Crippen LogP contribution >= 0.6 is 0 Å². The molecule has 1 aliphatic carbocycles. The SMILES string of the molecule is Cn1cc2c3c(c(C(N)=O)n(CC4CCCCC4)c3c1=O)CNc1ccc(CS(C)(=O)=O)cc1-2. The molecule has 1 saturated carbocycles. The first-order valence-corrected chi connectivity index (χ1v) is 13.8. The van der Waals surface area contributed by atoms with E-state index in [0.717, 1.165) is 53.4 Å². The van der Waals surface area contributed by atoms with Crippen LogP contribution in [0.2, 0.25) is 0 Å². The molecule has 1 aliphatic heterocycles. The van der Waals surface area contributed by atoms with Gasteiger partial charge < -0.3 is 20.2 Å². The Labute approximate surface area is 198 Å². The lowest BCUT2D eigenvalue weighted by Gasteiger charge is -2.23. The number of aromatic nitrogens is 2. The molecule has 0 radical (unpaired) electrons. The highest BCUT2D eigenvalue weighted by Crippen LogP contribution is 2.41. The van der Waals surface area contributed by atoms with Crippen molar-refractivity contribution in [1.82, 2.24) is 9.13 Å². The minimum atomic E-state index is -3.21. The molecule has 8 nitrogen and oxygen atoms in total. The maximum Gasteiger partial charge on any atom is 0.274 e. The van der Waals surface area contributed by atoms with Crippen LogP contribution in [0, 0.1) is 5.92 Å². The van der Waals surface area contributed by atoms with E-state index in [9.17, 15) is 18.0 Å². The summed E-state index contributed by atoms with van der Waals surface area (Å²) in [6.45, 7) is 0.944. The van der Waals surface area contributed by atoms with Crippen LogP contribution in [0.4, 0.5) is 5.69 Å². The molecule has 0 atom stereocenters. The first kappa shape index (κ1) is 22.7. The molecule has 34 heavy (non-hydrogen) atoms. The number of benzene rings is 1. The van der Waals surface area contributed by atoms with Crippen LogP contribution in [0.15, 0.2) is 29.2 Å². The molecular formula is C25H30N4O4S. The minimum absolute atomic E-state index is 0.0722. The zero-order valence-electron chi connectivity index (χ0n) is 19.6. The number of anilines is 1. The van der Waals surface area contributed by atoms with Crippen molar-refractivity contribution < 1.29 is 13.2 Å². The Hall–Kier alpha value is -3.07. The number of amides is 1. The Morgan fingerprint density at radius 2 is 1.91 bits per heavy atom. The second kappa shape index (κ2) is 8.30. The number of primary amides is 1. The number of carbonyl (C=O) groups excluding carboxylic acids is 1. The van der Waals surface area contributed by atoms with Gasteiger partial charge in [0.05, 0.1) is 5.75 Å². The van der Waals surface area contributed by atoms with Gasteiger partial charge in [-0.05, 0) is 36.5 Å². The molecule has 3 N–H and O–H groups in total. The summed E-state index contributed by atoms with van der Waals surface area (Å²) in [6.07, 6.45) is 8.67. The molecular weight excluding hydrogens is 452 g/mol. The minimum Gasteiger partial charge on any atom is -0.380 e. The third-order valence-corrected chi connectivity index (χ3v) is 7.99. The van der Waals surface area contributed by atoms with Gasteiger partial charge in [0, 0.05) is 60.4 Å². The van der Waals surface area contributed by atoms with Crippen molar-refractivity contribution in [3.63, 3.8) is 0 Å². The number of pyridine rings is 1. The summed E-state index contributed by atoms with van der Waals surface area (Å²) >= 11 is 0. The van der Waals surface area contributed by atoms with Crippen LogP contribution in [0.1, 0.15) is 53.7 Å². The molecule has 3 aromatic rings. The average molecular weight is 483 g/mol. The van der Waals surface area contributed by atoms with E-state index in [1.54, 1.807) is 23.9 Å². The highest BCUT2D eigenvalue weighted by Gasteiger charge is 2.30. The Bertz CT molecular complexity index is 1480. The topological polar surface area (TPSA) is 116 Å². The van der Waals surface area contributed by atoms with E-state index in [1.807, 2.05) is 16.7 Å². The van der Waals surface area contributed by atoms with Crippen molar-refractivity contribution in [2.24, 2.45) is 18.7 Å². The summed E-state index contributed by atoms with van der Waals surface area (Å²) in [5, 5.41) is 4.12. The molecule has 2 aliphatic rings. The highest BCUT2D eigenvalue weighted by molar-refractivity contribution is 7.89. The molecule has 5 rings (SSSR count). The molecule has 0 bridgehead atoms. The van der Waals surface area contributed by atoms with Gasteiger partial charge in [-0.3, -0.25) is 9.59 Å². The third-order valence-electron chi connectivity index (χ3n) is 7.14. The Kier molecular flexibility index (Phi) is 5.55. The summed E-state index contributed by atoms with van der Waals surface area (Å²) in [6, 6.07) is 5.51. The highest BCUT2D eigenvalue weighted by atomic mass is 32.2. The largest absolute Gasteiger partial charge is 0.380 e. The van der Waals surface area contributed by atoms with Gasteiger partial charge in [-0.15, -0.1) is 0 Å². The second-order valence-electron chi connectivity index (χ2n) is 9.79. The predicted molar refractivity (Wildman–Crippen MR) is 134 cm³/mol. The van der Waals surface area contributed by atoms with Gasteiger partial charge in [0.15, 0.2) is 9.84 Å². The van der Waals surface area contributed by atoms with Gasteiger partial charge >= 0.3 is 0 Å². The van der Waals surface area contributed by atoms with Crippen LogP contribution in [-0.2, 0) is 35.7 Å². The van der Waals surface area contributed by atoms with Crippen LogP contribution in [0.3, 0.4) is 0 Å². The number of nitrogens with zero attached hydrogens (tertiary/aromatic N) is 2. The number of carbonyl (C=O) groups is 1. The molecule has 0 spiro atoms. The van der Waals surface area contributed by atoms with Crippen molar-refractivity contribution in [1.29, 1.82) is 0 Å². The van der Waals surface area contributed by atoms with Crippen molar-refractivity contribution in [3.05, 3.63) is 51.6 Å². The van der Waals surface area contributed by atoms with E-state index in [0.29, 0.717) is 35.8 Å². The van der Waals surface area contributed by atoms with Gasteiger partial charge in [-0.2, -0.15) is 0 Å². The lowest BCUT2D eigenvalue weighted by atomic mass is 9.89. The van der Waals surface area contributed by atoms with Gasteiger partial charge in [0.2, 0.25) is 0 Å². The fourth-order valence-corrected chi connectivity index (χ4v) is 6.47. The zero-order chi connectivity index (χ0) is 24.2. The summed E-state index contributed by atoms with van der Waals surface area (Å²) in [7, 11) is -1.50. The second-order valence-corrected chi connectivity index (χ2v) is 11.9. The van der Waals surface area contributed by atoms with E-state index < -0.39 is 15.7 Å². The molecule has 1 fully saturated rings. The number of rotatable bonds is 5. The van der Waals surface area contributed by atoms with Crippen LogP contribution in [-0.4, -0.2) is 29.7 Å². The van der Waals surface area contributed by atoms with Gasteiger partial charge in [0.1, 0.15) is 11.2 Å². The van der Waals surface area contributed by atoms with E-state index in [1.165, 1.54) is 12.7 Å². The monoisotopic (exact) mass is 482 g/mol. The van der Waals surface area contributed by atoms with Gasteiger partial charge in [-0.1, -0.05) is 25.3 Å². The molecule has 9 heteroatoms. The fourth-order valence-electron chi connectivity index (χ4n) is 5.68. The fraction of sp³-hybridized carbons (Fsp3) is 0.440. The lowest BCUT2D eigenvalue weighted by Crippen LogP contribution is -2.26. The first-order chi connectivity index (χ1) is 16.1. The summed E-state index contributed by atoms with van der Waals surface area (Å²) in [5.41, 5.74) is 10.5. The van der Waals surface area contributed by atoms with Crippen molar-refractivity contribution in [2.75, 3.05) is 11.6 Å². The molecule has 1 aromatic carbocycles. The van der Waals surface area contributed by atoms with Crippen molar-refractivity contribution >= 4 is 32.3 Å². The maximum atomic E-state index is 13.4. The number of hydrogen-bond donors (Lipinski definition) is 2. The molecule has 0 saturated heterocycles. The Balaban J connectivity index is 1.79. The van der Waals surface area contributed by atoms with Crippen LogP contribution in [0.25, 0.3) is 22.0 Å². The molecule has 180 valence electrons. The quantitative estimate of drug-likeness (QED) is 0.579.